The summed E-state index contributed by atoms with van der Waals surface area (Å²) in [6, 6.07) is 0. The van der Waals surface area contributed by atoms with Crippen molar-refractivity contribution in [3.05, 3.63) is 21.6 Å². The Balaban J connectivity index is 2.84. The Bertz CT molecular complexity index is 473. The Labute approximate surface area is 110 Å². The van der Waals surface area contributed by atoms with E-state index in [0.29, 0.717) is 5.69 Å². The van der Waals surface area contributed by atoms with Gasteiger partial charge in [0.1, 0.15) is 11.6 Å². The Morgan fingerprint density at radius 1 is 1.61 bits per heavy atom. The third-order valence-corrected chi connectivity index (χ3v) is 2.70. The second-order valence-electron chi connectivity index (χ2n) is 3.69. The first-order valence-corrected chi connectivity index (χ1v) is 6.04. The summed E-state index contributed by atoms with van der Waals surface area (Å²) in [5.74, 6) is -0.549. The first kappa shape index (κ1) is 14.5. The average Bonchev–Trinajstić information content (AvgIpc) is 2.37. The fraction of sp³-hybridized carbons (Fsp3) is 0.545. The van der Waals surface area contributed by atoms with E-state index < -0.39 is 11.5 Å². The number of methoxy groups -OCH3 is 1. The van der Waals surface area contributed by atoms with E-state index in [2.05, 4.69) is 22.1 Å². The molecule has 1 N–H and O–H groups in total. The van der Waals surface area contributed by atoms with Crippen molar-refractivity contribution in [2.75, 3.05) is 19.0 Å². The largest absolute Gasteiger partial charge is 0.468 e. The van der Waals surface area contributed by atoms with Crippen molar-refractivity contribution in [3.63, 3.8) is 0 Å². The summed E-state index contributed by atoms with van der Waals surface area (Å²) in [5.41, 5.74) is -0.0280. The lowest BCUT2D eigenvalue weighted by Gasteiger charge is -2.09. The van der Waals surface area contributed by atoms with Gasteiger partial charge in [-0.1, -0.05) is 24.9 Å². The topological polar surface area (TPSA) is 73.2 Å². The molecule has 0 aliphatic carbocycles. The van der Waals surface area contributed by atoms with Gasteiger partial charge >= 0.3 is 5.97 Å². The van der Waals surface area contributed by atoms with Gasteiger partial charge in [-0.25, -0.2) is 4.68 Å². The second-order valence-corrected chi connectivity index (χ2v) is 4.07. The van der Waals surface area contributed by atoms with Crippen LogP contribution in [0.4, 0.5) is 5.69 Å². The number of ether oxygens (including phenoxy) is 1. The van der Waals surface area contributed by atoms with Gasteiger partial charge in [0, 0.05) is 6.54 Å². The molecule has 0 aliphatic rings. The van der Waals surface area contributed by atoms with Gasteiger partial charge in [-0.15, -0.1) is 0 Å². The minimum absolute atomic E-state index is 0.0324. The molecule has 0 saturated heterocycles. The van der Waals surface area contributed by atoms with E-state index in [9.17, 15) is 9.59 Å². The number of aromatic nitrogens is 2. The summed E-state index contributed by atoms with van der Waals surface area (Å²) in [6.45, 7) is 2.54. The van der Waals surface area contributed by atoms with E-state index in [4.69, 9.17) is 11.6 Å². The van der Waals surface area contributed by atoms with Crippen LogP contribution in [0.15, 0.2) is 11.0 Å². The molecular formula is C11H16ClN3O3. The number of hydrogen-bond donors (Lipinski definition) is 1. The first-order valence-electron chi connectivity index (χ1n) is 5.66. The van der Waals surface area contributed by atoms with Crippen molar-refractivity contribution in [3.8, 4) is 0 Å². The van der Waals surface area contributed by atoms with Crippen LogP contribution in [0.2, 0.25) is 5.02 Å². The predicted molar refractivity (Wildman–Crippen MR) is 68.9 cm³/mol. The van der Waals surface area contributed by atoms with Gasteiger partial charge in [-0.3, -0.25) is 9.59 Å². The average molecular weight is 274 g/mol. The number of hydrogen-bond acceptors (Lipinski definition) is 5. The van der Waals surface area contributed by atoms with Gasteiger partial charge in [0.05, 0.1) is 19.0 Å². The van der Waals surface area contributed by atoms with E-state index in [1.165, 1.54) is 13.3 Å². The molecule has 0 atom stereocenters. The standard InChI is InChI=1S/C11H16ClN3O3/c1-3-4-5-13-8-6-14-15(7-9(16)18-2)11(17)10(8)12/h6,13H,3-5,7H2,1-2H3. The van der Waals surface area contributed by atoms with Crippen LogP contribution in [0.25, 0.3) is 0 Å². The van der Waals surface area contributed by atoms with Gasteiger partial charge in [-0.2, -0.15) is 5.10 Å². The quantitative estimate of drug-likeness (QED) is 0.624. The van der Waals surface area contributed by atoms with Gasteiger partial charge in [0.25, 0.3) is 5.56 Å². The van der Waals surface area contributed by atoms with E-state index in [1.54, 1.807) is 0 Å². The van der Waals surface area contributed by atoms with Crippen LogP contribution in [0, 0.1) is 0 Å². The van der Waals surface area contributed by atoms with Gasteiger partial charge in [0.2, 0.25) is 0 Å². The summed E-state index contributed by atoms with van der Waals surface area (Å²) in [4.78, 5) is 22.9. The number of nitrogens with one attached hydrogen (secondary N) is 1. The zero-order valence-corrected chi connectivity index (χ0v) is 11.2. The summed E-state index contributed by atoms with van der Waals surface area (Å²) in [7, 11) is 1.25. The van der Waals surface area contributed by atoms with E-state index >= 15 is 0 Å². The normalized spacial score (nSPS) is 10.2. The number of carbonyl (C=O) groups excluding carboxylic acids is 1. The summed E-state index contributed by atoms with van der Waals surface area (Å²) >= 11 is 5.92. The minimum atomic E-state index is -0.549. The third kappa shape index (κ3) is 3.73. The molecule has 1 aromatic rings. The molecule has 0 amide bonds. The lowest BCUT2D eigenvalue weighted by Crippen LogP contribution is -2.28. The third-order valence-electron chi connectivity index (χ3n) is 2.34. The molecule has 100 valence electrons. The van der Waals surface area contributed by atoms with Gasteiger partial charge in [0.15, 0.2) is 0 Å². The highest BCUT2D eigenvalue weighted by Crippen LogP contribution is 2.15. The van der Waals surface area contributed by atoms with Crippen LogP contribution >= 0.6 is 11.6 Å². The SMILES string of the molecule is CCCCNc1cnn(CC(=O)OC)c(=O)c1Cl. The molecule has 1 aromatic heterocycles. The number of unbranched alkanes of at least 4 members (excludes halogenated alkanes) is 1. The van der Waals surface area contributed by atoms with E-state index in [-0.39, 0.29) is 11.6 Å². The molecule has 0 aliphatic heterocycles. The zero-order chi connectivity index (χ0) is 13.5. The summed E-state index contributed by atoms with van der Waals surface area (Å²) in [6.07, 6.45) is 3.45. The number of anilines is 1. The maximum Gasteiger partial charge on any atom is 0.327 e. The Hall–Kier alpha value is -1.56. The molecular weight excluding hydrogens is 258 g/mol. The smallest absolute Gasteiger partial charge is 0.327 e. The van der Waals surface area contributed by atoms with Crippen molar-refractivity contribution in [2.24, 2.45) is 0 Å². The lowest BCUT2D eigenvalue weighted by molar-refractivity contribution is -0.141. The van der Waals surface area contributed by atoms with Gasteiger partial charge < -0.3 is 10.1 Å². The fourth-order valence-electron chi connectivity index (χ4n) is 1.29. The Morgan fingerprint density at radius 2 is 2.33 bits per heavy atom. The summed E-state index contributed by atoms with van der Waals surface area (Å²) in [5, 5.41) is 6.92. The van der Waals surface area contributed by atoms with Crippen molar-refractivity contribution >= 4 is 23.3 Å². The van der Waals surface area contributed by atoms with Crippen molar-refractivity contribution < 1.29 is 9.53 Å². The van der Waals surface area contributed by atoms with Crippen molar-refractivity contribution in [1.29, 1.82) is 0 Å². The monoisotopic (exact) mass is 273 g/mol. The number of halogens is 1. The van der Waals surface area contributed by atoms with Gasteiger partial charge in [-0.05, 0) is 6.42 Å². The van der Waals surface area contributed by atoms with Crippen LogP contribution in [0.5, 0.6) is 0 Å². The van der Waals surface area contributed by atoms with Crippen LogP contribution in [0.1, 0.15) is 19.8 Å². The maximum atomic E-state index is 11.8. The Morgan fingerprint density at radius 3 is 2.94 bits per heavy atom. The molecule has 7 heteroatoms. The number of nitrogens with zero attached hydrogens (tertiary/aromatic N) is 2. The molecule has 0 aromatic carbocycles. The van der Waals surface area contributed by atoms with Crippen LogP contribution in [0.3, 0.4) is 0 Å². The highest BCUT2D eigenvalue weighted by atomic mass is 35.5. The minimum Gasteiger partial charge on any atom is -0.468 e. The number of carbonyl (C=O) groups is 1. The summed E-state index contributed by atoms with van der Waals surface area (Å²) < 4.78 is 5.43. The highest BCUT2D eigenvalue weighted by molar-refractivity contribution is 6.32. The molecule has 1 heterocycles. The molecule has 0 fully saturated rings. The molecule has 0 bridgehead atoms. The second kappa shape index (κ2) is 7.00. The molecule has 1 rings (SSSR count). The van der Waals surface area contributed by atoms with E-state index in [0.717, 1.165) is 24.1 Å². The van der Waals surface area contributed by atoms with Crippen LogP contribution in [-0.4, -0.2) is 29.4 Å². The Kier molecular flexibility index (Phi) is 5.64. The lowest BCUT2D eigenvalue weighted by atomic mass is 10.3. The molecule has 6 nitrogen and oxygen atoms in total. The first-order chi connectivity index (χ1) is 8.60. The molecule has 0 saturated carbocycles. The zero-order valence-electron chi connectivity index (χ0n) is 10.4. The maximum absolute atomic E-state index is 11.8. The highest BCUT2D eigenvalue weighted by Gasteiger charge is 2.11. The van der Waals surface area contributed by atoms with E-state index in [1.807, 2.05) is 0 Å². The molecule has 18 heavy (non-hydrogen) atoms. The fourth-order valence-corrected chi connectivity index (χ4v) is 1.50. The van der Waals surface area contributed by atoms with Crippen molar-refractivity contribution in [2.45, 2.75) is 26.3 Å². The van der Waals surface area contributed by atoms with Crippen LogP contribution in [-0.2, 0) is 16.1 Å². The molecule has 0 unspecified atom stereocenters. The van der Waals surface area contributed by atoms with Crippen molar-refractivity contribution in [1.82, 2.24) is 9.78 Å². The molecule has 0 radical (unpaired) electrons. The van der Waals surface area contributed by atoms with Crippen LogP contribution < -0.4 is 10.9 Å². The predicted octanol–water partition coefficient (Wildman–Crippen LogP) is 1.28. The molecule has 0 spiro atoms. The number of esters is 1. The number of rotatable bonds is 6.